The third-order valence-corrected chi connectivity index (χ3v) is 2.95. The number of hydrogen-bond acceptors (Lipinski definition) is 2. The van der Waals surface area contributed by atoms with Gasteiger partial charge in [-0.25, -0.2) is 0 Å². The minimum Gasteiger partial charge on any atom is -0.389 e. The second kappa shape index (κ2) is 3.97. The number of rotatable bonds is 2. The Balaban J connectivity index is 2.54. The van der Waals surface area contributed by atoms with E-state index in [9.17, 15) is 5.11 Å². The summed E-state index contributed by atoms with van der Waals surface area (Å²) in [4.78, 5) is 2.43. The van der Waals surface area contributed by atoms with Crippen LogP contribution in [0, 0.1) is 0 Å². The van der Waals surface area contributed by atoms with Crippen LogP contribution in [0.4, 0.5) is 0 Å². The van der Waals surface area contributed by atoms with Gasteiger partial charge < -0.3 is 5.11 Å². The average molecular weight is 185 g/mol. The first-order chi connectivity index (χ1) is 5.90. The molecule has 0 amide bonds. The average Bonchev–Trinajstić information content (AvgIpc) is 1.95. The summed E-state index contributed by atoms with van der Waals surface area (Å²) in [6.07, 6.45) is 3.89. The molecule has 0 spiro atoms. The van der Waals surface area contributed by atoms with E-state index >= 15 is 0 Å². The van der Waals surface area contributed by atoms with Crippen LogP contribution in [0.15, 0.2) is 0 Å². The summed E-state index contributed by atoms with van der Waals surface area (Å²) in [5.41, 5.74) is -0.556. The molecule has 1 aliphatic rings. The zero-order valence-corrected chi connectivity index (χ0v) is 9.38. The summed E-state index contributed by atoms with van der Waals surface area (Å²) >= 11 is 0. The molecule has 0 aromatic heterocycles. The van der Waals surface area contributed by atoms with Crippen LogP contribution in [-0.4, -0.2) is 34.2 Å². The fourth-order valence-corrected chi connectivity index (χ4v) is 2.23. The second-order valence-corrected chi connectivity index (χ2v) is 5.11. The third-order valence-electron chi connectivity index (χ3n) is 2.95. The van der Waals surface area contributed by atoms with Crippen LogP contribution in [0.3, 0.4) is 0 Å². The Morgan fingerprint density at radius 1 is 1.23 bits per heavy atom. The van der Waals surface area contributed by atoms with Crippen molar-refractivity contribution in [2.45, 2.75) is 64.6 Å². The highest BCUT2D eigenvalue weighted by Crippen LogP contribution is 2.24. The Morgan fingerprint density at radius 2 is 1.69 bits per heavy atom. The van der Waals surface area contributed by atoms with Crippen molar-refractivity contribution >= 4 is 0 Å². The molecule has 0 unspecified atom stereocenters. The molecule has 78 valence electrons. The maximum Gasteiger partial charge on any atom is 0.0718 e. The second-order valence-electron chi connectivity index (χ2n) is 5.11. The maximum absolute atomic E-state index is 9.76. The van der Waals surface area contributed by atoms with Gasteiger partial charge in [0.1, 0.15) is 0 Å². The van der Waals surface area contributed by atoms with Gasteiger partial charge >= 0.3 is 0 Å². The summed E-state index contributed by atoms with van der Waals surface area (Å²) in [7, 11) is 0. The zero-order valence-electron chi connectivity index (χ0n) is 9.38. The molecule has 1 aliphatic heterocycles. The fourth-order valence-electron chi connectivity index (χ4n) is 2.23. The standard InChI is InChI=1S/C11H23NO/c1-9-6-5-7-10(2)12(9)8-11(3,4)13/h9-10,13H,5-8H2,1-4H3/t9-,10+. The molecular weight excluding hydrogens is 162 g/mol. The van der Waals surface area contributed by atoms with E-state index in [4.69, 9.17) is 0 Å². The number of piperidine rings is 1. The van der Waals surface area contributed by atoms with Crippen molar-refractivity contribution in [2.75, 3.05) is 6.54 Å². The molecule has 1 heterocycles. The highest BCUT2D eigenvalue weighted by Gasteiger charge is 2.28. The fraction of sp³-hybridized carbons (Fsp3) is 1.00. The molecule has 0 radical (unpaired) electrons. The molecule has 1 saturated heterocycles. The van der Waals surface area contributed by atoms with Crippen molar-refractivity contribution in [3.8, 4) is 0 Å². The highest BCUT2D eigenvalue weighted by atomic mass is 16.3. The first-order valence-corrected chi connectivity index (χ1v) is 5.38. The Kier molecular flexibility index (Phi) is 3.36. The van der Waals surface area contributed by atoms with Crippen LogP contribution < -0.4 is 0 Å². The minimum atomic E-state index is -0.556. The number of aliphatic hydroxyl groups is 1. The van der Waals surface area contributed by atoms with Crippen molar-refractivity contribution in [1.82, 2.24) is 4.90 Å². The number of likely N-dealkylation sites (tertiary alicyclic amines) is 1. The van der Waals surface area contributed by atoms with Crippen LogP contribution in [0.5, 0.6) is 0 Å². The number of hydrogen-bond donors (Lipinski definition) is 1. The van der Waals surface area contributed by atoms with Crippen molar-refractivity contribution < 1.29 is 5.11 Å². The molecule has 1 rings (SSSR count). The van der Waals surface area contributed by atoms with Gasteiger partial charge in [0, 0.05) is 18.6 Å². The van der Waals surface area contributed by atoms with Gasteiger partial charge in [0.2, 0.25) is 0 Å². The molecule has 0 saturated carbocycles. The molecule has 2 nitrogen and oxygen atoms in total. The molecule has 0 aromatic carbocycles. The quantitative estimate of drug-likeness (QED) is 0.711. The van der Waals surface area contributed by atoms with Gasteiger partial charge in [-0.3, -0.25) is 4.90 Å². The summed E-state index contributed by atoms with van der Waals surface area (Å²) < 4.78 is 0. The Hall–Kier alpha value is -0.0800. The molecular formula is C11H23NO. The van der Waals surface area contributed by atoms with Gasteiger partial charge in [-0.1, -0.05) is 6.42 Å². The van der Waals surface area contributed by atoms with Gasteiger partial charge in [-0.2, -0.15) is 0 Å². The number of β-amino-alcohol motifs (C(OH)–C–C–N with tert-alkyl or cyclic N) is 1. The molecule has 13 heavy (non-hydrogen) atoms. The highest BCUT2D eigenvalue weighted by molar-refractivity contribution is 4.83. The lowest BCUT2D eigenvalue weighted by atomic mass is 9.95. The minimum absolute atomic E-state index is 0.556. The summed E-state index contributed by atoms with van der Waals surface area (Å²) in [5.74, 6) is 0. The van der Waals surface area contributed by atoms with Gasteiger partial charge in [0.25, 0.3) is 0 Å². The monoisotopic (exact) mass is 185 g/mol. The van der Waals surface area contributed by atoms with Crippen LogP contribution in [0.25, 0.3) is 0 Å². The van der Waals surface area contributed by atoms with E-state index in [0.29, 0.717) is 12.1 Å². The lowest BCUT2D eigenvalue weighted by molar-refractivity contribution is -0.00681. The van der Waals surface area contributed by atoms with E-state index in [0.717, 1.165) is 6.54 Å². The van der Waals surface area contributed by atoms with Gasteiger partial charge in [-0.05, 0) is 40.5 Å². The van der Waals surface area contributed by atoms with E-state index in [-0.39, 0.29) is 0 Å². The molecule has 2 atom stereocenters. The predicted molar refractivity (Wildman–Crippen MR) is 55.8 cm³/mol. The Bertz CT molecular complexity index is 152. The molecule has 1 N–H and O–H groups in total. The largest absolute Gasteiger partial charge is 0.389 e. The first kappa shape index (κ1) is 11.0. The van der Waals surface area contributed by atoms with Crippen molar-refractivity contribution in [3.63, 3.8) is 0 Å². The Labute approximate surface area is 81.9 Å². The van der Waals surface area contributed by atoms with E-state index in [1.807, 2.05) is 13.8 Å². The van der Waals surface area contributed by atoms with Crippen molar-refractivity contribution in [1.29, 1.82) is 0 Å². The van der Waals surface area contributed by atoms with Crippen LogP contribution in [0.2, 0.25) is 0 Å². The van der Waals surface area contributed by atoms with Gasteiger partial charge in [0.05, 0.1) is 5.60 Å². The molecule has 0 aromatic rings. The SMILES string of the molecule is C[C@@H]1CCC[C@H](C)N1CC(C)(C)O. The molecule has 0 bridgehead atoms. The van der Waals surface area contributed by atoms with E-state index in [1.165, 1.54) is 19.3 Å². The maximum atomic E-state index is 9.76. The zero-order chi connectivity index (χ0) is 10.1. The normalized spacial score (nSPS) is 32.1. The summed E-state index contributed by atoms with van der Waals surface area (Å²) in [5, 5.41) is 9.76. The van der Waals surface area contributed by atoms with Crippen LogP contribution >= 0.6 is 0 Å². The van der Waals surface area contributed by atoms with Gasteiger partial charge in [0.15, 0.2) is 0 Å². The van der Waals surface area contributed by atoms with Crippen molar-refractivity contribution in [2.24, 2.45) is 0 Å². The number of nitrogens with zero attached hydrogens (tertiary/aromatic N) is 1. The first-order valence-electron chi connectivity index (χ1n) is 5.38. The Morgan fingerprint density at radius 3 is 2.08 bits per heavy atom. The van der Waals surface area contributed by atoms with Gasteiger partial charge in [-0.15, -0.1) is 0 Å². The van der Waals surface area contributed by atoms with Crippen molar-refractivity contribution in [3.05, 3.63) is 0 Å². The lowest BCUT2D eigenvalue weighted by Gasteiger charge is -2.41. The van der Waals surface area contributed by atoms with Crippen LogP contribution in [-0.2, 0) is 0 Å². The third kappa shape index (κ3) is 3.28. The smallest absolute Gasteiger partial charge is 0.0718 e. The predicted octanol–water partition coefficient (Wildman–Crippen LogP) is 2.02. The molecule has 1 fully saturated rings. The van der Waals surface area contributed by atoms with E-state index < -0.39 is 5.60 Å². The molecule has 2 heteroatoms. The lowest BCUT2D eigenvalue weighted by Crippen LogP contribution is -2.50. The van der Waals surface area contributed by atoms with E-state index in [1.54, 1.807) is 0 Å². The van der Waals surface area contributed by atoms with E-state index in [2.05, 4.69) is 18.7 Å². The summed E-state index contributed by atoms with van der Waals surface area (Å²) in [6.45, 7) is 9.11. The molecule has 0 aliphatic carbocycles. The summed E-state index contributed by atoms with van der Waals surface area (Å²) in [6, 6.07) is 1.27. The van der Waals surface area contributed by atoms with Crippen LogP contribution in [0.1, 0.15) is 47.0 Å². The topological polar surface area (TPSA) is 23.5 Å².